The van der Waals surface area contributed by atoms with E-state index in [4.69, 9.17) is 5.26 Å². The average Bonchev–Trinajstić information content (AvgIpc) is 2.82. The Morgan fingerprint density at radius 2 is 1.59 bits per heavy atom. The normalized spacial score (nSPS) is 14.1. The number of nitriles is 1. The summed E-state index contributed by atoms with van der Waals surface area (Å²) in [6, 6.07) is 9.44. The number of rotatable bonds is 1. The number of fused-ring (bicyclic) bond motifs is 1. The highest BCUT2D eigenvalue weighted by Gasteiger charge is 2.15. The molecule has 1 aliphatic rings. The molecule has 1 aliphatic carbocycles. The van der Waals surface area contributed by atoms with Crippen LogP contribution in [0.5, 0.6) is 0 Å². The topological polar surface area (TPSA) is 54.5 Å². The molecule has 0 unspecified atom stereocenters. The Morgan fingerprint density at radius 3 is 2.12 bits per heavy atom. The maximum atomic E-state index is 8.74. The van der Waals surface area contributed by atoms with Crippen molar-refractivity contribution in [1.82, 2.24) is 15.0 Å². The van der Waals surface area contributed by atoms with Crippen LogP contribution in [0.1, 0.15) is 29.8 Å². The standard InChI is InChI=1S/C13H12N4/c14-9-10-5-7-11(8-6-10)17-15-12-3-1-2-4-13(12)16-17/h5-8H,1-4H2. The van der Waals surface area contributed by atoms with Gasteiger partial charge in [-0.1, -0.05) is 0 Å². The first kappa shape index (κ1) is 10.0. The van der Waals surface area contributed by atoms with E-state index in [9.17, 15) is 0 Å². The number of hydrogen-bond donors (Lipinski definition) is 0. The summed E-state index contributed by atoms with van der Waals surface area (Å²) in [5, 5.41) is 17.7. The zero-order chi connectivity index (χ0) is 11.7. The van der Waals surface area contributed by atoms with Crippen LogP contribution in [0.3, 0.4) is 0 Å². The fraction of sp³-hybridized carbons (Fsp3) is 0.308. The van der Waals surface area contributed by atoms with Crippen molar-refractivity contribution < 1.29 is 0 Å². The molecular weight excluding hydrogens is 212 g/mol. The average molecular weight is 224 g/mol. The second-order valence-corrected chi connectivity index (χ2v) is 4.25. The Kier molecular flexibility index (Phi) is 2.37. The molecule has 0 bridgehead atoms. The molecule has 0 radical (unpaired) electrons. The van der Waals surface area contributed by atoms with Gasteiger partial charge in [-0.2, -0.15) is 20.3 Å². The second-order valence-electron chi connectivity index (χ2n) is 4.25. The number of benzene rings is 1. The summed E-state index contributed by atoms with van der Waals surface area (Å²) in [6.07, 6.45) is 4.48. The van der Waals surface area contributed by atoms with Gasteiger partial charge >= 0.3 is 0 Å². The molecule has 0 amide bonds. The zero-order valence-corrected chi connectivity index (χ0v) is 9.43. The predicted octanol–water partition coefficient (Wildman–Crippen LogP) is 2.02. The van der Waals surface area contributed by atoms with Crippen molar-refractivity contribution in [3.05, 3.63) is 41.2 Å². The molecule has 1 heterocycles. The lowest BCUT2D eigenvalue weighted by Gasteiger charge is -2.04. The summed E-state index contributed by atoms with van der Waals surface area (Å²) < 4.78 is 0. The first-order valence-electron chi connectivity index (χ1n) is 5.82. The van der Waals surface area contributed by atoms with E-state index in [1.54, 1.807) is 16.9 Å². The third-order valence-electron chi connectivity index (χ3n) is 3.07. The smallest absolute Gasteiger partial charge is 0.0991 e. The molecule has 4 nitrogen and oxygen atoms in total. The minimum atomic E-state index is 0.658. The highest BCUT2D eigenvalue weighted by molar-refractivity contribution is 5.38. The first-order valence-corrected chi connectivity index (χ1v) is 5.82. The van der Waals surface area contributed by atoms with Gasteiger partial charge in [-0.15, -0.1) is 0 Å². The van der Waals surface area contributed by atoms with Crippen LogP contribution in [-0.2, 0) is 12.8 Å². The number of aromatic nitrogens is 3. The summed E-state index contributed by atoms with van der Waals surface area (Å²) >= 11 is 0. The van der Waals surface area contributed by atoms with Crippen molar-refractivity contribution in [2.75, 3.05) is 0 Å². The minimum absolute atomic E-state index is 0.658. The molecule has 3 rings (SSSR count). The van der Waals surface area contributed by atoms with E-state index >= 15 is 0 Å². The molecule has 1 aromatic carbocycles. The van der Waals surface area contributed by atoms with Crippen LogP contribution in [0, 0.1) is 11.3 Å². The van der Waals surface area contributed by atoms with Crippen molar-refractivity contribution in [1.29, 1.82) is 5.26 Å². The van der Waals surface area contributed by atoms with Crippen molar-refractivity contribution >= 4 is 0 Å². The quantitative estimate of drug-likeness (QED) is 0.744. The fourth-order valence-corrected chi connectivity index (χ4v) is 2.12. The van der Waals surface area contributed by atoms with E-state index in [-0.39, 0.29) is 0 Å². The van der Waals surface area contributed by atoms with Gasteiger partial charge in [0.2, 0.25) is 0 Å². The van der Waals surface area contributed by atoms with Gasteiger partial charge < -0.3 is 0 Å². The van der Waals surface area contributed by atoms with E-state index in [1.807, 2.05) is 12.1 Å². The highest BCUT2D eigenvalue weighted by Crippen LogP contribution is 2.18. The van der Waals surface area contributed by atoms with Crippen LogP contribution in [0.15, 0.2) is 24.3 Å². The molecule has 0 fully saturated rings. The summed E-state index contributed by atoms with van der Waals surface area (Å²) in [4.78, 5) is 1.68. The number of nitrogens with zero attached hydrogens (tertiary/aromatic N) is 4. The monoisotopic (exact) mass is 224 g/mol. The molecule has 17 heavy (non-hydrogen) atoms. The lowest BCUT2D eigenvalue weighted by atomic mass is 10.0. The van der Waals surface area contributed by atoms with Crippen LogP contribution >= 0.6 is 0 Å². The zero-order valence-electron chi connectivity index (χ0n) is 9.43. The van der Waals surface area contributed by atoms with Crippen LogP contribution in [0.25, 0.3) is 5.69 Å². The Labute approximate surface area is 99.5 Å². The Hall–Kier alpha value is -2.15. The van der Waals surface area contributed by atoms with Gasteiger partial charge in [0.1, 0.15) is 0 Å². The SMILES string of the molecule is N#Cc1ccc(-n2nc3c(n2)CCCC3)cc1. The third-order valence-corrected chi connectivity index (χ3v) is 3.07. The molecule has 0 aliphatic heterocycles. The highest BCUT2D eigenvalue weighted by atomic mass is 15.5. The van der Waals surface area contributed by atoms with Crippen molar-refractivity contribution in [3.8, 4) is 11.8 Å². The van der Waals surface area contributed by atoms with Crippen molar-refractivity contribution in [2.45, 2.75) is 25.7 Å². The predicted molar refractivity (Wildman–Crippen MR) is 62.7 cm³/mol. The number of aryl methyl sites for hydroxylation is 2. The van der Waals surface area contributed by atoms with Crippen LogP contribution < -0.4 is 0 Å². The Bertz CT molecular complexity index is 551. The van der Waals surface area contributed by atoms with Crippen LogP contribution in [0.2, 0.25) is 0 Å². The maximum absolute atomic E-state index is 8.74. The van der Waals surface area contributed by atoms with E-state index in [2.05, 4.69) is 16.3 Å². The molecule has 0 atom stereocenters. The van der Waals surface area contributed by atoms with Gasteiger partial charge in [-0.25, -0.2) is 0 Å². The molecule has 84 valence electrons. The molecule has 0 saturated carbocycles. The fourth-order valence-electron chi connectivity index (χ4n) is 2.12. The van der Waals surface area contributed by atoms with Gasteiger partial charge in [-0.3, -0.25) is 0 Å². The third kappa shape index (κ3) is 1.80. The summed E-state index contributed by atoms with van der Waals surface area (Å²) in [7, 11) is 0. The summed E-state index contributed by atoms with van der Waals surface area (Å²) in [5.41, 5.74) is 3.82. The lowest BCUT2D eigenvalue weighted by molar-refractivity contribution is 0.667. The van der Waals surface area contributed by atoms with Crippen LogP contribution in [0.4, 0.5) is 0 Å². The maximum Gasteiger partial charge on any atom is 0.0991 e. The molecule has 4 heteroatoms. The number of hydrogen-bond acceptors (Lipinski definition) is 3. The van der Waals surface area contributed by atoms with E-state index in [1.165, 1.54) is 12.8 Å². The van der Waals surface area contributed by atoms with Gasteiger partial charge in [0.05, 0.1) is 28.7 Å². The van der Waals surface area contributed by atoms with E-state index in [0.717, 1.165) is 29.9 Å². The second kappa shape index (κ2) is 4.02. The van der Waals surface area contributed by atoms with Gasteiger partial charge in [0.25, 0.3) is 0 Å². The molecule has 0 spiro atoms. The summed E-state index contributed by atoms with van der Waals surface area (Å²) in [5.74, 6) is 0. The molecule has 1 aromatic heterocycles. The Balaban J connectivity index is 1.98. The first-order chi connectivity index (χ1) is 8.36. The van der Waals surface area contributed by atoms with Crippen molar-refractivity contribution in [2.24, 2.45) is 0 Å². The summed E-state index contributed by atoms with van der Waals surface area (Å²) in [6.45, 7) is 0. The largest absolute Gasteiger partial charge is 0.192 e. The van der Waals surface area contributed by atoms with Gasteiger partial charge in [0, 0.05) is 0 Å². The lowest BCUT2D eigenvalue weighted by Crippen LogP contribution is -2.00. The van der Waals surface area contributed by atoms with Gasteiger partial charge in [-0.05, 0) is 49.9 Å². The molecule has 2 aromatic rings. The van der Waals surface area contributed by atoms with Crippen LogP contribution in [-0.4, -0.2) is 15.0 Å². The molecule has 0 N–H and O–H groups in total. The molecular formula is C13H12N4. The van der Waals surface area contributed by atoms with Crippen molar-refractivity contribution in [3.63, 3.8) is 0 Å². The van der Waals surface area contributed by atoms with Gasteiger partial charge in [0.15, 0.2) is 0 Å². The minimum Gasteiger partial charge on any atom is -0.192 e. The van der Waals surface area contributed by atoms with E-state index < -0.39 is 0 Å². The molecule has 0 saturated heterocycles. The van der Waals surface area contributed by atoms with E-state index in [0.29, 0.717) is 5.56 Å². The Morgan fingerprint density at radius 1 is 1.00 bits per heavy atom.